The van der Waals surface area contributed by atoms with Crippen molar-refractivity contribution in [2.45, 2.75) is 52.1 Å². The van der Waals surface area contributed by atoms with Crippen molar-refractivity contribution in [1.29, 1.82) is 0 Å². The first-order chi connectivity index (χ1) is 15.5. The lowest BCUT2D eigenvalue weighted by Gasteiger charge is -2.37. The fourth-order valence-electron chi connectivity index (χ4n) is 4.37. The van der Waals surface area contributed by atoms with Crippen LogP contribution in [0.5, 0.6) is 0 Å². The number of rotatable bonds is 6. The molecule has 0 unspecified atom stereocenters. The largest absolute Gasteiger partial charge is 0.483 e. The molecular weight excluding hydrogens is 410 g/mol. The minimum absolute atomic E-state index is 0.0744. The van der Waals surface area contributed by atoms with Crippen LogP contribution in [0.2, 0.25) is 0 Å². The molecule has 32 heavy (non-hydrogen) atoms. The molecular formula is C23H31N5O4. The fraction of sp³-hybridized carbons (Fsp3) is 0.522. The fourth-order valence-corrected chi connectivity index (χ4v) is 4.37. The lowest BCUT2D eigenvalue weighted by Crippen LogP contribution is -2.44. The van der Waals surface area contributed by atoms with Crippen LogP contribution in [0.25, 0.3) is 11.4 Å². The van der Waals surface area contributed by atoms with Crippen molar-refractivity contribution in [3.63, 3.8) is 0 Å². The summed E-state index contributed by atoms with van der Waals surface area (Å²) in [4.78, 5) is 41.8. The number of carboxylic acid groups (broad SMARTS) is 1. The molecule has 0 radical (unpaired) electrons. The molecule has 1 atom stereocenters. The molecule has 1 saturated heterocycles. The Morgan fingerprint density at radius 1 is 1.22 bits per heavy atom. The molecule has 0 saturated carbocycles. The van der Waals surface area contributed by atoms with Gasteiger partial charge in [0.2, 0.25) is 11.8 Å². The SMILES string of the molecule is CC(C)[C@H]1c2nc(-c3ccccc3)nn2CCN1C(=O)CCCN1CCCC1=O.O=CO. The quantitative estimate of drug-likeness (QED) is 0.690. The van der Waals surface area contributed by atoms with Crippen molar-refractivity contribution in [2.75, 3.05) is 19.6 Å². The van der Waals surface area contributed by atoms with Crippen molar-refractivity contribution in [3.8, 4) is 11.4 Å². The molecule has 1 N–H and O–H groups in total. The molecule has 1 aromatic carbocycles. The molecule has 2 aromatic rings. The maximum absolute atomic E-state index is 13.0. The highest BCUT2D eigenvalue weighted by atomic mass is 16.3. The number of fused-ring (bicyclic) bond motifs is 1. The van der Waals surface area contributed by atoms with E-state index >= 15 is 0 Å². The van der Waals surface area contributed by atoms with Gasteiger partial charge in [0.15, 0.2) is 11.6 Å². The van der Waals surface area contributed by atoms with Crippen molar-refractivity contribution in [2.24, 2.45) is 5.92 Å². The minimum atomic E-state index is -0.250. The Bertz CT molecular complexity index is 928. The molecule has 3 heterocycles. The topological polar surface area (TPSA) is 109 Å². The van der Waals surface area contributed by atoms with E-state index in [0.717, 1.165) is 24.4 Å². The minimum Gasteiger partial charge on any atom is -0.483 e. The maximum atomic E-state index is 13.0. The van der Waals surface area contributed by atoms with Crippen LogP contribution in [0.1, 0.15) is 51.4 Å². The van der Waals surface area contributed by atoms with E-state index in [4.69, 9.17) is 20.0 Å². The lowest BCUT2D eigenvalue weighted by atomic mass is 9.99. The first kappa shape index (κ1) is 23.4. The zero-order valence-corrected chi connectivity index (χ0v) is 18.7. The third-order valence-corrected chi connectivity index (χ3v) is 5.83. The van der Waals surface area contributed by atoms with E-state index in [9.17, 15) is 9.59 Å². The first-order valence-electron chi connectivity index (χ1n) is 11.1. The zero-order chi connectivity index (χ0) is 23.1. The number of nitrogens with zero attached hydrogens (tertiary/aromatic N) is 5. The number of hydrogen-bond donors (Lipinski definition) is 1. The Morgan fingerprint density at radius 3 is 2.56 bits per heavy atom. The van der Waals surface area contributed by atoms with Gasteiger partial charge in [-0.15, -0.1) is 0 Å². The highest BCUT2D eigenvalue weighted by Gasteiger charge is 2.35. The molecule has 4 rings (SSSR count). The highest BCUT2D eigenvalue weighted by molar-refractivity contribution is 5.78. The number of hydrogen-bond acceptors (Lipinski definition) is 5. The Labute approximate surface area is 188 Å². The smallest absolute Gasteiger partial charge is 0.290 e. The maximum Gasteiger partial charge on any atom is 0.290 e. The molecule has 9 heteroatoms. The molecule has 1 fully saturated rings. The van der Waals surface area contributed by atoms with Gasteiger partial charge in [0.1, 0.15) is 0 Å². The summed E-state index contributed by atoms with van der Waals surface area (Å²) >= 11 is 0. The van der Waals surface area contributed by atoms with E-state index in [1.165, 1.54) is 0 Å². The summed E-state index contributed by atoms with van der Waals surface area (Å²) in [6.45, 7) is 6.82. The van der Waals surface area contributed by atoms with Gasteiger partial charge in [-0.2, -0.15) is 5.10 Å². The van der Waals surface area contributed by atoms with Crippen LogP contribution >= 0.6 is 0 Å². The second-order valence-electron chi connectivity index (χ2n) is 8.35. The molecule has 9 nitrogen and oxygen atoms in total. The second kappa shape index (κ2) is 10.9. The van der Waals surface area contributed by atoms with Gasteiger partial charge in [-0.05, 0) is 18.8 Å². The first-order valence-corrected chi connectivity index (χ1v) is 11.1. The van der Waals surface area contributed by atoms with E-state index in [-0.39, 0.29) is 30.2 Å². The summed E-state index contributed by atoms with van der Waals surface area (Å²) in [7, 11) is 0. The van der Waals surface area contributed by atoms with Gasteiger partial charge >= 0.3 is 0 Å². The van der Waals surface area contributed by atoms with Crippen LogP contribution in [0.3, 0.4) is 0 Å². The Kier molecular flexibility index (Phi) is 7.97. The van der Waals surface area contributed by atoms with Crippen molar-refractivity contribution >= 4 is 18.3 Å². The summed E-state index contributed by atoms with van der Waals surface area (Å²) in [5, 5.41) is 11.6. The van der Waals surface area contributed by atoms with Crippen molar-refractivity contribution in [1.82, 2.24) is 24.6 Å². The van der Waals surface area contributed by atoms with Crippen LogP contribution in [0, 0.1) is 5.92 Å². The van der Waals surface area contributed by atoms with E-state index in [1.807, 2.05) is 44.8 Å². The van der Waals surface area contributed by atoms with Gasteiger partial charge < -0.3 is 14.9 Å². The number of carbonyl (C=O) groups is 3. The van der Waals surface area contributed by atoms with Gasteiger partial charge in [-0.1, -0.05) is 44.2 Å². The van der Waals surface area contributed by atoms with Crippen LogP contribution in [-0.2, 0) is 20.9 Å². The van der Waals surface area contributed by atoms with E-state index in [2.05, 4.69) is 13.8 Å². The van der Waals surface area contributed by atoms with Gasteiger partial charge in [0.05, 0.1) is 12.6 Å². The predicted molar refractivity (Wildman–Crippen MR) is 118 cm³/mol. The summed E-state index contributed by atoms with van der Waals surface area (Å²) < 4.78 is 1.96. The molecule has 0 spiro atoms. The number of likely N-dealkylation sites (tertiary alicyclic amines) is 1. The average Bonchev–Trinajstić information content (AvgIpc) is 3.40. The highest BCUT2D eigenvalue weighted by Crippen LogP contribution is 2.32. The van der Waals surface area contributed by atoms with E-state index in [0.29, 0.717) is 44.7 Å². The predicted octanol–water partition coefficient (Wildman–Crippen LogP) is 2.59. The standard InChI is InChI=1S/C22H29N5O2.CH2O2/c1-16(2)20-22-23-21(17-8-4-3-5-9-17)24-27(22)15-14-26(20)19(29)11-7-13-25-12-6-10-18(25)28;2-1-3/h3-5,8-9,16,20H,6-7,10-15H2,1-2H3;1H,(H,2,3)/t20-;/m0./s1. The van der Waals surface area contributed by atoms with Crippen LogP contribution in [0.15, 0.2) is 30.3 Å². The normalized spacial score (nSPS) is 17.7. The monoisotopic (exact) mass is 441 g/mol. The van der Waals surface area contributed by atoms with Gasteiger partial charge in [-0.25, -0.2) is 9.67 Å². The second-order valence-corrected chi connectivity index (χ2v) is 8.35. The Balaban J connectivity index is 0.000000913. The van der Waals surface area contributed by atoms with Crippen LogP contribution < -0.4 is 0 Å². The molecule has 1 aromatic heterocycles. The molecule has 2 aliphatic rings. The number of amides is 2. The van der Waals surface area contributed by atoms with Crippen LogP contribution in [0.4, 0.5) is 0 Å². The number of benzene rings is 1. The van der Waals surface area contributed by atoms with E-state index < -0.39 is 0 Å². The summed E-state index contributed by atoms with van der Waals surface area (Å²) in [5.41, 5.74) is 0.991. The Hall–Kier alpha value is -3.23. The van der Waals surface area contributed by atoms with Crippen LogP contribution in [-0.4, -0.2) is 67.6 Å². The number of aromatic nitrogens is 3. The third kappa shape index (κ3) is 5.33. The lowest BCUT2D eigenvalue weighted by molar-refractivity contribution is -0.137. The van der Waals surface area contributed by atoms with Gasteiger partial charge in [-0.3, -0.25) is 14.4 Å². The zero-order valence-electron chi connectivity index (χ0n) is 18.7. The molecule has 2 amide bonds. The molecule has 2 aliphatic heterocycles. The van der Waals surface area contributed by atoms with E-state index in [1.54, 1.807) is 0 Å². The van der Waals surface area contributed by atoms with Crippen molar-refractivity contribution in [3.05, 3.63) is 36.2 Å². The average molecular weight is 442 g/mol. The number of carbonyl (C=O) groups excluding carboxylic acids is 2. The van der Waals surface area contributed by atoms with Crippen molar-refractivity contribution < 1.29 is 19.5 Å². The van der Waals surface area contributed by atoms with Gasteiger partial charge in [0, 0.05) is 38.0 Å². The summed E-state index contributed by atoms with van der Waals surface area (Å²) in [5.74, 6) is 2.19. The molecule has 0 bridgehead atoms. The van der Waals surface area contributed by atoms with Gasteiger partial charge in [0.25, 0.3) is 6.47 Å². The summed E-state index contributed by atoms with van der Waals surface area (Å²) in [6.07, 6.45) is 2.77. The molecule has 172 valence electrons. The Morgan fingerprint density at radius 2 is 1.94 bits per heavy atom. The molecule has 0 aliphatic carbocycles. The summed E-state index contributed by atoms with van der Waals surface area (Å²) in [6, 6.07) is 9.89. The third-order valence-electron chi connectivity index (χ3n) is 5.83.